The first kappa shape index (κ1) is 10.4. The van der Waals surface area contributed by atoms with E-state index in [0.717, 1.165) is 17.9 Å². The van der Waals surface area contributed by atoms with Gasteiger partial charge in [-0.2, -0.15) is 0 Å². The molecule has 2 rings (SSSR count). The van der Waals surface area contributed by atoms with E-state index in [0.29, 0.717) is 0 Å². The Morgan fingerprint density at radius 1 is 1.21 bits per heavy atom. The fourth-order valence-electron chi connectivity index (χ4n) is 3.07. The molecule has 2 fully saturated rings. The molecule has 0 aromatic carbocycles. The van der Waals surface area contributed by atoms with E-state index in [-0.39, 0.29) is 0 Å². The van der Waals surface area contributed by atoms with Crippen molar-refractivity contribution < 1.29 is 0 Å². The number of likely N-dealkylation sites (tertiary alicyclic amines) is 1. The Kier molecular flexibility index (Phi) is 3.45. The number of piperidine rings is 2. The average Bonchev–Trinajstić information content (AvgIpc) is 2.18. The van der Waals surface area contributed by atoms with Gasteiger partial charge in [-0.3, -0.25) is 4.90 Å². The lowest BCUT2D eigenvalue weighted by Gasteiger charge is -2.42. The highest BCUT2D eigenvalue weighted by molar-refractivity contribution is 4.85. The largest absolute Gasteiger partial charge is 0.316 e. The van der Waals surface area contributed by atoms with Crippen LogP contribution in [0.25, 0.3) is 0 Å². The summed E-state index contributed by atoms with van der Waals surface area (Å²) in [5.41, 5.74) is 0. The maximum atomic E-state index is 3.49. The van der Waals surface area contributed by atoms with Gasteiger partial charge in [-0.1, -0.05) is 13.8 Å². The summed E-state index contributed by atoms with van der Waals surface area (Å²) in [5, 5.41) is 3.49. The average molecular weight is 196 g/mol. The highest BCUT2D eigenvalue weighted by atomic mass is 15.2. The Labute approximate surface area is 88.1 Å². The summed E-state index contributed by atoms with van der Waals surface area (Å²) < 4.78 is 0. The summed E-state index contributed by atoms with van der Waals surface area (Å²) in [7, 11) is 0. The van der Waals surface area contributed by atoms with Gasteiger partial charge in [-0.15, -0.1) is 0 Å². The van der Waals surface area contributed by atoms with Crippen LogP contribution in [0.2, 0.25) is 0 Å². The third-order valence-corrected chi connectivity index (χ3v) is 3.90. The van der Waals surface area contributed by atoms with Crippen LogP contribution in [-0.4, -0.2) is 37.1 Å². The number of nitrogens with zero attached hydrogens (tertiary/aromatic N) is 1. The first-order valence-electron chi connectivity index (χ1n) is 6.22. The zero-order valence-electron chi connectivity index (χ0n) is 9.63. The van der Waals surface area contributed by atoms with Crippen molar-refractivity contribution in [3.8, 4) is 0 Å². The van der Waals surface area contributed by atoms with E-state index in [2.05, 4.69) is 24.1 Å². The Morgan fingerprint density at radius 3 is 2.79 bits per heavy atom. The van der Waals surface area contributed by atoms with Gasteiger partial charge >= 0.3 is 0 Å². The predicted octanol–water partition coefficient (Wildman–Crippen LogP) is 1.72. The molecule has 14 heavy (non-hydrogen) atoms. The lowest BCUT2D eigenvalue weighted by Crippen LogP contribution is -2.51. The minimum Gasteiger partial charge on any atom is -0.316 e. The molecule has 2 aliphatic heterocycles. The van der Waals surface area contributed by atoms with Gasteiger partial charge in [0.2, 0.25) is 0 Å². The Hall–Kier alpha value is -0.0800. The maximum Gasteiger partial charge on any atom is 0.0145 e. The number of hydrogen-bond acceptors (Lipinski definition) is 2. The van der Waals surface area contributed by atoms with Crippen molar-refractivity contribution in [3.05, 3.63) is 0 Å². The molecule has 3 atom stereocenters. The summed E-state index contributed by atoms with van der Waals surface area (Å²) in [6.45, 7) is 9.93. The summed E-state index contributed by atoms with van der Waals surface area (Å²) in [6, 6.07) is 0.860. The maximum absolute atomic E-state index is 3.49. The molecular weight excluding hydrogens is 172 g/mol. The monoisotopic (exact) mass is 196 g/mol. The molecule has 0 aliphatic carbocycles. The molecule has 2 heteroatoms. The van der Waals surface area contributed by atoms with Crippen molar-refractivity contribution in [2.24, 2.45) is 11.8 Å². The fourth-order valence-corrected chi connectivity index (χ4v) is 3.07. The zero-order valence-corrected chi connectivity index (χ0v) is 9.63. The van der Waals surface area contributed by atoms with Crippen LogP contribution < -0.4 is 5.32 Å². The van der Waals surface area contributed by atoms with Gasteiger partial charge in [0.15, 0.2) is 0 Å². The van der Waals surface area contributed by atoms with E-state index in [1.54, 1.807) is 0 Å². The lowest BCUT2D eigenvalue weighted by atomic mass is 9.90. The number of nitrogens with one attached hydrogen (secondary N) is 1. The fraction of sp³-hybridized carbons (Fsp3) is 1.00. The Morgan fingerprint density at radius 2 is 2.07 bits per heavy atom. The van der Waals surface area contributed by atoms with Gasteiger partial charge in [0.05, 0.1) is 0 Å². The van der Waals surface area contributed by atoms with E-state index in [9.17, 15) is 0 Å². The van der Waals surface area contributed by atoms with E-state index in [1.165, 1.54) is 45.4 Å². The van der Waals surface area contributed by atoms with Gasteiger partial charge in [0.25, 0.3) is 0 Å². The molecule has 2 aliphatic rings. The highest BCUT2D eigenvalue weighted by Crippen LogP contribution is 2.24. The molecule has 0 aromatic rings. The molecule has 82 valence electrons. The molecule has 2 unspecified atom stereocenters. The first-order chi connectivity index (χ1) is 6.77. The molecule has 0 radical (unpaired) electrons. The van der Waals surface area contributed by atoms with Crippen molar-refractivity contribution in [2.45, 2.75) is 39.2 Å². The van der Waals surface area contributed by atoms with Crippen LogP contribution in [0.15, 0.2) is 0 Å². The second-order valence-corrected chi connectivity index (χ2v) is 5.28. The highest BCUT2D eigenvalue weighted by Gasteiger charge is 2.29. The van der Waals surface area contributed by atoms with Crippen LogP contribution >= 0.6 is 0 Å². The van der Waals surface area contributed by atoms with Gasteiger partial charge in [-0.25, -0.2) is 0 Å². The van der Waals surface area contributed by atoms with Crippen molar-refractivity contribution in [1.82, 2.24) is 10.2 Å². The summed E-state index contributed by atoms with van der Waals surface area (Å²) in [4.78, 5) is 2.75. The Balaban J connectivity index is 1.91. The molecular formula is C12H24N2. The van der Waals surface area contributed by atoms with Crippen LogP contribution in [0.4, 0.5) is 0 Å². The predicted molar refractivity (Wildman–Crippen MR) is 60.4 cm³/mol. The van der Waals surface area contributed by atoms with Crippen LogP contribution in [-0.2, 0) is 0 Å². The molecule has 0 bridgehead atoms. The van der Waals surface area contributed by atoms with Crippen molar-refractivity contribution in [1.29, 1.82) is 0 Å². The second kappa shape index (κ2) is 4.63. The standard InChI is InChI=1S/C12H24N2/c1-10-4-3-7-14(9-10)12-5-6-13-8-11(12)2/h10-13H,3-9H2,1-2H3/t10-,11?,12?/m1/s1. The third-order valence-electron chi connectivity index (χ3n) is 3.90. The zero-order chi connectivity index (χ0) is 9.97. The molecule has 0 spiro atoms. The van der Waals surface area contributed by atoms with Gasteiger partial charge in [0.1, 0.15) is 0 Å². The van der Waals surface area contributed by atoms with E-state index < -0.39 is 0 Å². The van der Waals surface area contributed by atoms with Crippen molar-refractivity contribution in [3.63, 3.8) is 0 Å². The Bertz CT molecular complexity index is 181. The topological polar surface area (TPSA) is 15.3 Å². The summed E-state index contributed by atoms with van der Waals surface area (Å²) >= 11 is 0. The SMILES string of the molecule is CC1CNCCC1N1CCC[C@@H](C)C1. The molecule has 2 heterocycles. The van der Waals surface area contributed by atoms with E-state index in [1.807, 2.05) is 0 Å². The molecule has 0 amide bonds. The van der Waals surface area contributed by atoms with Gasteiger partial charge in [0, 0.05) is 12.6 Å². The quantitative estimate of drug-likeness (QED) is 0.687. The summed E-state index contributed by atoms with van der Waals surface area (Å²) in [5.74, 6) is 1.76. The smallest absolute Gasteiger partial charge is 0.0145 e. The normalized spacial score (nSPS) is 41.1. The number of rotatable bonds is 1. The van der Waals surface area contributed by atoms with Crippen molar-refractivity contribution >= 4 is 0 Å². The lowest BCUT2D eigenvalue weighted by molar-refractivity contribution is 0.0778. The van der Waals surface area contributed by atoms with Crippen LogP contribution in [0.5, 0.6) is 0 Å². The first-order valence-corrected chi connectivity index (χ1v) is 6.22. The minimum atomic E-state index is 0.842. The molecule has 0 saturated carbocycles. The second-order valence-electron chi connectivity index (χ2n) is 5.28. The van der Waals surface area contributed by atoms with E-state index >= 15 is 0 Å². The van der Waals surface area contributed by atoms with E-state index in [4.69, 9.17) is 0 Å². The number of hydrogen-bond donors (Lipinski definition) is 1. The van der Waals surface area contributed by atoms with Crippen molar-refractivity contribution in [2.75, 3.05) is 26.2 Å². The van der Waals surface area contributed by atoms with Gasteiger partial charge in [-0.05, 0) is 50.7 Å². The van der Waals surface area contributed by atoms with Crippen LogP contribution in [0.1, 0.15) is 33.1 Å². The van der Waals surface area contributed by atoms with Gasteiger partial charge < -0.3 is 5.32 Å². The molecule has 2 saturated heterocycles. The third kappa shape index (κ3) is 2.29. The molecule has 1 N–H and O–H groups in total. The molecule has 2 nitrogen and oxygen atoms in total. The van der Waals surface area contributed by atoms with Crippen LogP contribution in [0.3, 0.4) is 0 Å². The van der Waals surface area contributed by atoms with Crippen LogP contribution in [0, 0.1) is 11.8 Å². The minimum absolute atomic E-state index is 0.842. The summed E-state index contributed by atoms with van der Waals surface area (Å²) in [6.07, 6.45) is 4.21. The molecule has 0 aromatic heterocycles.